The smallest absolute Gasteiger partial charge is 0.220 e. The molecule has 0 saturated carbocycles. The molecule has 0 bridgehead atoms. The van der Waals surface area contributed by atoms with Gasteiger partial charge in [-0.2, -0.15) is 0 Å². The summed E-state index contributed by atoms with van der Waals surface area (Å²) >= 11 is 0. The van der Waals surface area contributed by atoms with Gasteiger partial charge in [-0.1, -0.05) is 347 Å². The minimum Gasteiger partial charge on any atom is -0.394 e. The molecule has 1 amide bonds. The van der Waals surface area contributed by atoms with Crippen molar-refractivity contribution in [3.8, 4) is 0 Å². The predicted octanol–water partition coefficient (Wildman–Crippen LogP) is 19.0. The molecule has 0 radical (unpaired) electrons. The fourth-order valence-corrected chi connectivity index (χ4v) is 12.7. The van der Waals surface area contributed by atoms with Gasteiger partial charge < -0.3 is 65.1 Å². The van der Waals surface area contributed by atoms with E-state index in [4.69, 9.17) is 18.9 Å². The van der Waals surface area contributed by atoms with Crippen molar-refractivity contribution in [3.05, 3.63) is 134 Å². The van der Waals surface area contributed by atoms with Gasteiger partial charge in [-0.15, -0.1) is 0 Å². The molecule has 14 nitrogen and oxygen atoms in total. The molecular formula is C87H149NO13. The Morgan fingerprint density at radius 1 is 0.366 bits per heavy atom. The molecule has 0 spiro atoms. The third-order valence-electron chi connectivity index (χ3n) is 19.1. The predicted molar refractivity (Wildman–Crippen MR) is 419 cm³/mol. The molecule has 2 heterocycles. The fraction of sp³-hybridized carbons (Fsp3) is 0.736. The molecule has 580 valence electrons. The van der Waals surface area contributed by atoms with Gasteiger partial charge in [0.25, 0.3) is 0 Å². The third-order valence-corrected chi connectivity index (χ3v) is 19.1. The van der Waals surface area contributed by atoms with Gasteiger partial charge in [-0.25, -0.2) is 0 Å². The molecule has 9 N–H and O–H groups in total. The monoisotopic (exact) mass is 1420 g/mol. The summed E-state index contributed by atoms with van der Waals surface area (Å²) in [4.78, 5) is 13.4. The van der Waals surface area contributed by atoms with Crippen LogP contribution in [0.25, 0.3) is 0 Å². The van der Waals surface area contributed by atoms with Gasteiger partial charge in [0.15, 0.2) is 12.6 Å². The van der Waals surface area contributed by atoms with Crippen LogP contribution in [0.1, 0.15) is 316 Å². The summed E-state index contributed by atoms with van der Waals surface area (Å²) < 4.78 is 22.9. The molecular weight excluding hydrogens is 1270 g/mol. The summed E-state index contributed by atoms with van der Waals surface area (Å²) in [5.41, 5.74) is 0. The van der Waals surface area contributed by atoms with Crippen molar-refractivity contribution in [3.63, 3.8) is 0 Å². The average Bonchev–Trinajstić information content (AvgIpc) is 0.792. The molecule has 0 aromatic carbocycles. The van der Waals surface area contributed by atoms with E-state index < -0.39 is 86.8 Å². The Kier molecular flexibility index (Phi) is 63.9. The fourth-order valence-electron chi connectivity index (χ4n) is 12.7. The number of carbonyl (C=O) groups is 1. The van der Waals surface area contributed by atoms with E-state index in [9.17, 15) is 45.6 Å². The highest BCUT2D eigenvalue weighted by Crippen LogP contribution is 2.30. The highest BCUT2D eigenvalue weighted by Gasteiger charge is 2.51. The zero-order chi connectivity index (χ0) is 73.0. The summed E-state index contributed by atoms with van der Waals surface area (Å²) in [5, 5.41) is 87.7. The summed E-state index contributed by atoms with van der Waals surface area (Å²) in [6.07, 6.45) is 86.6. The number of nitrogens with one attached hydrogen (secondary N) is 1. The number of aliphatic hydroxyl groups is 8. The quantitative estimate of drug-likeness (QED) is 0.0204. The molecule has 14 heteroatoms. The van der Waals surface area contributed by atoms with Gasteiger partial charge in [-0.3, -0.25) is 4.79 Å². The first-order valence-electron chi connectivity index (χ1n) is 40.9. The summed E-state index contributed by atoms with van der Waals surface area (Å²) in [6, 6.07) is -0.935. The average molecular weight is 1420 g/mol. The number of hydrogen-bond acceptors (Lipinski definition) is 13. The molecule has 12 unspecified atom stereocenters. The first-order chi connectivity index (χ1) is 49.6. The lowest BCUT2D eigenvalue weighted by molar-refractivity contribution is -0.359. The summed E-state index contributed by atoms with van der Waals surface area (Å²) in [6.45, 7) is 2.70. The number of ether oxygens (including phenoxy) is 4. The number of unbranched alkanes of at least 4 members (excludes halogenated alkanes) is 34. The molecule has 0 aromatic heterocycles. The number of amides is 1. The minimum atomic E-state index is -1.80. The molecule has 2 saturated heterocycles. The van der Waals surface area contributed by atoms with Crippen molar-refractivity contribution in [2.45, 2.75) is 389 Å². The number of hydrogen-bond donors (Lipinski definition) is 9. The number of carbonyl (C=O) groups excluding carboxylic acids is 1. The second kappa shape index (κ2) is 69.2. The summed E-state index contributed by atoms with van der Waals surface area (Å²) in [5.74, 6) is -0.256. The van der Waals surface area contributed by atoms with E-state index in [2.05, 4.69) is 141 Å². The molecule has 2 rings (SSSR count). The van der Waals surface area contributed by atoms with E-state index in [0.717, 1.165) is 122 Å². The zero-order valence-corrected chi connectivity index (χ0v) is 63.6. The maximum atomic E-state index is 13.4. The van der Waals surface area contributed by atoms with Crippen LogP contribution in [0, 0.1) is 0 Å². The first kappa shape index (κ1) is 93.2. The van der Waals surface area contributed by atoms with E-state index in [0.29, 0.717) is 6.42 Å². The Morgan fingerprint density at radius 3 is 1.05 bits per heavy atom. The second-order valence-corrected chi connectivity index (χ2v) is 28.2. The van der Waals surface area contributed by atoms with Crippen LogP contribution in [0.2, 0.25) is 0 Å². The number of allylic oxidation sites excluding steroid dienone is 21. The van der Waals surface area contributed by atoms with Gasteiger partial charge in [0.2, 0.25) is 5.91 Å². The third kappa shape index (κ3) is 51.9. The molecule has 0 aromatic rings. The molecule has 2 aliphatic rings. The number of aliphatic hydroxyl groups excluding tert-OH is 8. The molecule has 12 atom stereocenters. The highest BCUT2D eigenvalue weighted by atomic mass is 16.7. The van der Waals surface area contributed by atoms with Crippen LogP contribution in [0.3, 0.4) is 0 Å². The Bertz CT molecular complexity index is 2220. The van der Waals surface area contributed by atoms with Crippen molar-refractivity contribution in [2.24, 2.45) is 0 Å². The summed E-state index contributed by atoms with van der Waals surface area (Å²) in [7, 11) is 0. The Labute approximate surface area is 615 Å². The standard InChI is InChI=1S/C87H149NO13/c1-3-5-7-9-11-13-15-17-19-21-23-25-27-29-31-33-35-36-37-38-39-40-41-43-45-47-49-51-53-55-57-59-61-63-65-67-69-71-79(92)88-75(74-98-86-84(97)82(95)85(78(73-90)100-86)101-87-83(96)81(94)80(93)77(72-89)99-87)76(91)70-68-66-64-62-60-58-56-54-52-50-48-46-44-42-34-32-30-28-26-24-22-20-18-16-14-12-10-8-6-4-2/h5,7,11,13,17,19,23,25,29,31,35-36,38-39,41,43,47,49,53,55,68,70,75-78,80-87,89-91,93-97H,3-4,6,8-10,12,14-16,18,20-22,24,26-28,30,32-34,37,40,42,44-46,48,50-52,54,56-67,69,71-74H2,1-2H3,(H,88,92)/b7-5-,13-11-,19-17-,25-23-,31-29-,36-35-,39-38-,43-41-,49-47-,55-53-,70-68+. The Hall–Kier alpha value is -3.87. The Morgan fingerprint density at radius 2 is 0.683 bits per heavy atom. The van der Waals surface area contributed by atoms with E-state index in [-0.39, 0.29) is 18.9 Å². The van der Waals surface area contributed by atoms with Crippen molar-refractivity contribution in [1.29, 1.82) is 0 Å². The van der Waals surface area contributed by atoms with Crippen LogP contribution in [0.15, 0.2) is 134 Å². The lowest BCUT2D eigenvalue weighted by Crippen LogP contribution is -2.65. The zero-order valence-electron chi connectivity index (χ0n) is 63.6. The number of rotatable bonds is 67. The van der Waals surface area contributed by atoms with Gasteiger partial charge in [0.1, 0.15) is 48.8 Å². The van der Waals surface area contributed by atoms with Crippen LogP contribution in [-0.4, -0.2) is 140 Å². The maximum Gasteiger partial charge on any atom is 0.220 e. The van der Waals surface area contributed by atoms with Gasteiger partial charge in [0.05, 0.1) is 32.0 Å². The molecule has 2 fully saturated rings. The van der Waals surface area contributed by atoms with Crippen LogP contribution in [-0.2, 0) is 23.7 Å². The van der Waals surface area contributed by atoms with Crippen molar-refractivity contribution >= 4 is 5.91 Å². The molecule has 2 aliphatic heterocycles. The minimum absolute atomic E-state index is 0.256. The largest absolute Gasteiger partial charge is 0.394 e. The second-order valence-electron chi connectivity index (χ2n) is 28.2. The topological polar surface area (TPSA) is 228 Å². The lowest BCUT2D eigenvalue weighted by atomic mass is 9.97. The molecule has 101 heavy (non-hydrogen) atoms. The van der Waals surface area contributed by atoms with E-state index in [1.165, 1.54) is 167 Å². The van der Waals surface area contributed by atoms with Crippen LogP contribution >= 0.6 is 0 Å². The van der Waals surface area contributed by atoms with Crippen LogP contribution < -0.4 is 5.32 Å². The molecule has 0 aliphatic carbocycles. The highest BCUT2D eigenvalue weighted by molar-refractivity contribution is 5.76. The van der Waals surface area contributed by atoms with Crippen LogP contribution in [0.4, 0.5) is 0 Å². The van der Waals surface area contributed by atoms with Gasteiger partial charge >= 0.3 is 0 Å². The van der Waals surface area contributed by atoms with Crippen molar-refractivity contribution < 1.29 is 64.6 Å². The van der Waals surface area contributed by atoms with Gasteiger partial charge in [-0.05, 0) is 96.3 Å². The SMILES string of the molecule is CC/C=C\C/C=C\C/C=C\C/C=C\C/C=C\C/C=C\C/C=C\C/C=C\C/C=C\C/C=C\CCCCCCCCC(=O)NC(COC1OC(CO)C(OC2OC(CO)C(O)C(O)C2O)C(O)C1O)C(O)/C=C/CCCCCCCCCCCCCCCCCCCCCCCCCCCCCC. The normalized spacial score (nSPS) is 22.5. The lowest BCUT2D eigenvalue weighted by Gasteiger charge is -2.46. The van der Waals surface area contributed by atoms with Crippen molar-refractivity contribution in [1.82, 2.24) is 5.32 Å². The maximum absolute atomic E-state index is 13.4. The van der Waals surface area contributed by atoms with E-state index in [1.807, 2.05) is 6.08 Å². The van der Waals surface area contributed by atoms with Crippen LogP contribution in [0.5, 0.6) is 0 Å². The first-order valence-corrected chi connectivity index (χ1v) is 40.9. The van der Waals surface area contributed by atoms with E-state index in [1.54, 1.807) is 6.08 Å². The van der Waals surface area contributed by atoms with Gasteiger partial charge in [0, 0.05) is 6.42 Å². The Balaban J connectivity index is 1.65. The van der Waals surface area contributed by atoms with Crippen molar-refractivity contribution in [2.75, 3.05) is 19.8 Å². The van der Waals surface area contributed by atoms with E-state index >= 15 is 0 Å².